The van der Waals surface area contributed by atoms with E-state index in [1.807, 2.05) is 11.4 Å². The number of nitrogen functional groups attached to an aromatic ring is 1. The summed E-state index contributed by atoms with van der Waals surface area (Å²) < 4.78 is 5.12. The van der Waals surface area contributed by atoms with Gasteiger partial charge in [0.15, 0.2) is 0 Å². The second kappa shape index (κ2) is 5.16. The minimum atomic E-state index is -0.722. The van der Waals surface area contributed by atoms with Crippen molar-refractivity contribution in [1.29, 1.82) is 0 Å². The average Bonchev–Trinajstić information content (AvgIpc) is 2.86. The number of thiophene rings is 1. The van der Waals surface area contributed by atoms with Gasteiger partial charge in [0.1, 0.15) is 10.9 Å². The van der Waals surface area contributed by atoms with Crippen LogP contribution in [0, 0.1) is 0 Å². The predicted octanol–water partition coefficient (Wildman–Crippen LogP) is 1.94. The van der Waals surface area contributed by atoms with Gasteiger partial charge < -0.3 is 21.1 Å². The van der Waals surface area contributed by atoms with Crippen LogP contribution in [0.15, 0.2) is 17.6 Å². The Morgan fingerprint density at radius 3 is 3.20 bits per heavy atom. The average molecular weight is 292 g/mol. The van der Waals surface area contributed by atoms with E-state index in [1.165, 1.54) is 0 Å². The molecular weight excluding hydrogens is 276 g/mol. The zero-order chi connectivity index (χ0) is 14.1. The van der Waals surface area contributed by atoms with Crippen LogP contribution in [0.25, 0.3) is 10.2 Å². The maximum Gasteiger partial charge on any atom is 0.404 e. The monoisotopic (exact) mass is 292 g/mol. The van der Waals surface area contributed by atoms with E-state index in [4.69, 9.17) is 16.2 Å². The third-order valence-electron chi connectivity index (χ3n) is 3.47. The Bertz CT molecular complexity index is 642. The first kappa shape index (κ1) is 13.0. The topological polar surface area (TPSA) is 94.5 Å². The van der Waals surface area contributed by atoms with Crippen LogP contribution in [-0.4, -0.2) is 30.3 Å². The first-order valence-corrected chi connectivity index (χ1v) is 7.36. The standard InChI is InChI=1S/C13H16N4O2S/c14-10-6-16-12-9(3-5-20-12)11(10)17-4-1-2-8(7-17)19-13(15)18/h3,5-6,8H,1-2,4,7,14H2,(H2,15,18). The molecule has 1 aliphatic rings. The van der Waals surface area contributed by atoms with Crippen LogP contribution < -0.4 is 16.4 Å². The molecule has 1 fully saturated rings. The van der Waals surface area contributed by atoms with Crippen LogP contribution in [-0.2, 0) is 4.74 Å². The number of primary amides is 1. The maximum absolute atomic E-state index is 10.9. The molecule has 2 aromatic rings. The number of ether oxygens (including phenoxy) is 1. The number of fused-ring (bicyclic) bond motifs is 1. The van der Waals surface area contributed by atoms with Gasteiger partial charge in [-0.25, -0.2) is 9.78 Å². The Kier molecular flexibility index (Phi) is 3.35. The smallest absolute Gasteiger partial charge is 0.404 e. The van der Waals surface area contributed by atoms with Gasteiger partial charge in [0.05, 0.1) is 24.1 Å². The largest absolute Gasteiger partial charge is 0.445 e. The zero-order valence-corrected chi connectivity index (χ0v) is 11.7. The highest BCUT2D eigenvalue weighted by Crippen LogP contribution is 2.35. The summed E-state index contributed by atoms with van der Waals surface area (Å²) in [6, 6.07) is 2.03. The number of nitrogens with zero attached hydrogens (tertiary/aromatic N) is 2. The van der Waals surface area contributed by atoms with Gasteiger partial charge in [0, 0.05) is 11.9 Å². The highest BCUT2D eigenvalue weighted by molar-refractivity contribution is 7.16. The maximum atomic E-state index is 10.9. The molecule has 0 aromatic carbocycles. The summed E-state index contributed by atoms with van der Waals surface area (Å²) in [7, 11) is 0. The molecule has 0 radical (unpaired) electrons. The van der Waals surface area contributed by atoms with Crippen molar-refractivity contribution in [3.05, 3.63) is 17.6 Å². The van der Waals surface area contributed by atoms with E-state index in [1.54, 1.807) is 17.5 Å². The summed E-state index contributed by atoms with van der Waals surface area (Å²) in [4.78, 5) is 18.3. The van der Waals surface area contributed by atoms with Gasteiger partial charge in [0.2, 0.25) is 0 Å². The minimum absolute atomic E-state index is 0.178. The molecule has 0 saturated carbocycles. The molecule has 20 heavy (non-hydrogen) atoms. The molecule has 0 spiro atoms. The van der Waals surface area contributed by atoms with Crippen LogP contribution in [0.3, 0.4) is 0 Å². The van der Waals surface area contributed by atoms with Gasteiger partial charge in [0.25, 0.3) is 0 Å². The van der Waals surface area contributed by atoms with Crippen LogP contribution >= 0.6 is 11.3 Å². The lowest BCUT2D eigenvalue weighted by molar-refractivity contribution is 0.0967. The highest BCUT2D eigenvalue weighted by atomic mass is 32.1. The molecule has 1 aliphatic heterocycles. The van der Waals surface area contributed by atoms with E-state index in [2.05, 4.69) is 9.88 Å². The molecule has 1 saturated heterocycles. The number of carbonyl (C=O) groups is 1. The van der Waals surface area contributed by atoms with Gasteiger partial charge in [-0.1, -0.05) is 0 Å². The van der Waals surface area contributed by atoms with Crippen molar-refractivity contribution < 1.29 is 9.53 Å². The lowest BCUT2D eigenvalue weighted by atomic mass is 10.1. The van der Waals surface area contributed by atoms with E-state index in [0.717, 1.165) is 35.3 Å². The van der Waals surface area contributed by atoms with Crippen LogP contribution in [0.4, 0.5) is 16.2 Å². The number of hydrogen-bond donors (Lipinski definition) is 2. The summed E-state index contributed by atoms with van der Waals surface area (Å²) in [6.45, 7) is 1.50. The van der Waals surface area contributed by atoms with Crippen molar-refractivity contribution in [2.24, 2.45) is 5.73 Å². The number of rotatable bonds is 2. The fourth-order valence-electron chi connectivity index (χ4n) is 2.68. The van der Waals surface area contributed by atoms with E-state index in [9.17, 15) is 4.79 Å². The molecule has 6 nitrogen and oxygen atoms in total. The molecule has 0 aliphatic carbocycles. The molecule has 3 heterocycles. The number of aromatic nitrogens is 1. The Balaban J connectivity index is 1.92. The Labute approximate surface area is 120 Å². The number of carbonyl (C=O) groups excluding carboxylic acids is 1. The Morgan fingerprint density at radius 2 is 2.40 bits per heavy atom. The minimum Gasteiger partial charge on any atom is -0.445 e. The van der Waals surface area contributed by atoms with Gasteiger partial charge in [-0.15, -0.1) is 11.3 Å². The van der Waals surface area contributed by atoms with E-state index >= 15 is 0 Å². The molecule has 106 valence electrons. The summed E-state index contributed by atoms with van der Waals surface area (Å²) in [6.07, 6.45) is 2.55. The Hall–Kier alpha value is -2.02. The van der Waals surface area contributed by atoms with Crippen molar-refractivity contribution in [2.75, 3.05) is 23.7 Å². The molecule has 4 N–H and O–H groups in total. The summed E-state index contributed by atoms with van der Waals surface area (Å²) >= 11 is 1.59. The number of anilines is 2. The van der Waals surface area contributed by atoms with Gasteiger partial charge >= 0.3 is 6.09 Å². The lowest BCUT2D eigenvalue weighted by Crippen LogP contribution is -2.41. The van der Waals surface area contributed by atoms with Crippen molar-refractivity contribution in [2.45, 2.75) is 18.9 Å². The van der Waals surface area contributed by atoms with E-state index < -0.39 is 6.09 Å². The third-order valence-corrected chi connectivity index (χ3v) is 4.29. The summed E-state index contributed by atoms with van der Waals surface area (Å²) in [5.74, 6) is 0. The van der Waals surface area contributed by atoms with E-state index in [-0.39, 0.29) is 6.10 Å². The van der Waals surface area contributed by atoms with Gasteiger partial charge in [-0.05, 0) is 24.3 Å². The molecule has 2 aromatic heterocycles. The molecule has 3 rings (SSSR count). The SMILES string of the molecule is NC(=O)OC1CCCN(c2c(N)cnc3sccc23)C1. The number of hydrogen-bond acceptors (Lipinski definition) is 6. The lowest BCUT2D eigenvalue weighted by Gasteiger charge is -2.34. The second-order valence-corrected chi connectivity index (χ2v) is 5.74. The molecule has 1 amide bonds. The van der Waals surface area contributed by atoms with Crippen molar-refractivity contribution in [3.8, 4) is 0 Å². The van der Waals surface area contributed by atoms with Crippen molar-refractivity contribution in [3.63, 3.8) is 0 Å². The van der Waals surface area contributed by atoms with Crippen LogP contribution in [0.1, 0.15) is 12.8 Å². The molecule has 0 bridgehead atoms. The van der Waals surface area contributed by atoms with Crippen molar-refractivity contribution in [1.82, 2.24) is 4.98 Å². The van der Waals surface area contributed by atoms with E-state index in [0.29, 0.717) is 12.2 Å². The van der Waals surface area contributed by atoms with Crippen LogP contribution in [0.5, 0.6) is 0 Å². The fourth-order valence-corrected chi connectivity index (χ4v) is 3.42. The molecule has 7 heteroatoms. The molecule has 1 atom stereocenters. The second-order valence-electron chi connectivity index (χ2n) is 4.85. The third kappa shape index (κ3) is 2.36. The Morgan fingerprint density at radius 1 is 1.55 bits per heavy atom. The first-order chi connectivity index (χ1) is 9.65. The fraction of sp³-hybridized carbons (Fsp3) is 0.385. The number of amides is 1. The number of piperidine rings is 1. The summed E-state index contributed by atoms with van der Waals surface area (Å²) in [5, 5.41) is 3.05. The normalized spacial score (nSPS) is 19.2. The first-order valence-electron chi connectivity index (χ1n) is 6.48. The highest BCUT2D eigenvalue weighted by Gasteiger charge is 2.25. The quantitative estimate of drug-likeness (QED) is 0.882. The predicted molar refractivity (Wildman–Crippen MR) is 79.9 cm³/mol. The van der Waals surface area contributed by atoms with Gasteiger partial charge in [-0.3, -0.25) is 0 Å². The summed E-state index contributed by atoms with van der Waals surface area (Å²) in [5.41, 5.74) is 12.8. The molecular formula is C13H16N4O2S. The van der Waals surface area contributed by atoms with Gasteiger partial charge in [-0.2, -0.15) is 0 Å². The van der Waals surface area contributed by atoms with Crippen LogP contribution in [0.2, 0.25) is 0 Å². The zero-order valence-electron chi connectivity index (χ0n) is 10.9. The number of nitrogens with two attached hydrogens (primary N) is 2. The molecule has 1 unspecified atom stereocenters. The van der Waals surface area contributed by atoms with Crippen molar-refractivity contribution >= 4 is 39.0 Å². The number of pyridine rings is 1.